The molecule has 29 heavy (non-hydrogen) atoms. The summed E-state index contributed by atoms with van der Waals surface area (Å²) >= 11 is 6.03. The Kier molecular flexibility index (Phi) is 6.62. The average Bonchev–Trinajstić information content (AvgIpc) is 3.19. The van der Waals surface area contributed by atoms with Gasteiger partial charge in [-0.05, 0) is 29.7 Å². The molecule has 3 aromatic rings. The number of piperazine rings is 1. The van der Waals surface area contributed by atoms with Crippen LogP contribution >= 0.6 is 11.6 Å². The number of aromatic amines is 1. The minimum atomic E-state index is 0.214. The lowest BCUT2D eigenvalue weighted by atomic mass is 10.0. The highest BCUT2D eigenvalue weighted by Gasteiger charge is 2.27. The second-order valence-electron chi connectivity index (χ2n) is 7.63. The van der Waals surface area contributed by atoms with Gasteiger partial charge in [-0.3, -0.25) is 14.9 Å². The molecule has 0 unspecified atom stereocenters. The van der Waals surface area contributed by atoms with E-state index in [1.54, 1.807) is 0 Å². The number of nitrogens with one attached hydrogen (secondary N) is 1. The van der Waals surface area contributed by atoms with Crippen molar-refractivity contribution < 1.29 is 5.11 Å². The molecule has 1 saturated heterocycles. The van der Waals surface area contributed by atoms with Gasteiger partial charge in [0.1, 0.15) is 0 Å². The minimum Gasteiger partial charge on any atom is -0.396 e. The van der Waals surface area contributed by atoms with E-state index in [1.807, 2.05) is 30.5 Å². The van der Waals surface area contributed by atoms with Crippen LogP contribution in [0.15, 0.2) is 60.8 Å². The van der Waals surface area contributed by atoms with Gasteiger partial charge in [-0.2, -0.15) is 5.10 Å². The van der Waals surface area contributed by atoms with Gasteiger partial charge < -0.3 is 5.11 Å². The van der Waals surface area contributed by atoms with Crippen LogP contribution in [0.1, 0.15) is 17.5 Å². The number of H-pyrrole nitrogens is 1. The van der Waals surface area contributed by atoms with Crippen molar-refractivity contribution >= 4 is 11.6 Å². The summed E-state index contributed by atoms with van der Waals surface area (Å²) in [6.07, 6.45) is 2.71. The Balaban J connectivity index is 1.43. The zero-order chi connectivity index (χ0) is 20.1. The van der Waals surface area contributed by atoms with Crippen LogP contribution in [0.4, 0.5) is 0 Å². The highest BCUT2D eigenvalue weighted by atomic mass is 35.5. The van der Waals surface area contributed by atoms with Gasteiger partial charge >= 0.3 is 0 Å². The van der Waals surface area contributed by atoms with E-state index in [0.29, 0.717) is 6.04 Å². The maximum Gasteiger partial charge on any atom is 0.0695 e. The Morgan fingerprint density at radius 1 is 1.03 bits per heavy atom. The van der Waals surface area contributed by atoms with Crippen LogP contribution in [0.3, 0.4) is 0 Å². The number of hydrogen-bond donors (Lipinski definition) is 2. The van der Waals surface area contributed by atoms with Gasteiger partial charge in [0.25, 0.3) is 0 Å². The van der Waals surface area contributed by atoms with Gasteiger partial charge in [-0.1, -0.05) is 54.1 Å². The molecule has 1 atom stereocenters. The van der Waals surface area contributed by atoms with Crippen LogP contribution in [0.25, 0.3) is 11.3 Å². The molecule has 1 aliphatic rings. The molecule has 5 nitrogen and oxygen atoms in total. The molecule has 0 amide bonds. The molecule has 152 valence electrons. The van der Waals surface area contributed by atoms with Gasteiger partial charge in [0.15, 0.2) is 0 Å². The fraction of sp³-hybridized carbons (Fsp3) is 0.348. The fourth-order valence-corrected chi connectivity index (χ4v) is 4.21. The van der Waals surface area contributed by atoms with Crippen molar-refractivity contribution in [2.45, 2.75) is 25.6 Å². The van der Waals surface area contributed by atoms with Gasteiger partial charge in [0.2, 0.25) is 0 Å². The predicted octanol–water partition coefficient (Wildman–Crippen LogP) is 3.80. The molecule has 6 heteroatoms. The Bertz CT molecular complexity index is 897. The molecule has 0 radical (unpaired) electrons. The number of nitrogens with zero attached hydrogens (tertiary/aromatic N) is 3. The lowest BCUT2D eigenvalue weighted by molar-refractivity contribution is 0.0500. The SMILES string of the molecule is OCC[C@@H]1CN(Cc2cn[nH]c2-c2ccc(Cl)cc2)CCN1Cc1ccccc1. The van der Waals surface area contributed by atoms with E-state index in [0.717, 1.165) is 55.4 Å². The highest BCUT2D eigenvalue weighted by molar-refractivity contribution is 6.30. The van der Waals surface area contributed by atoms with Crippen molar-refractivity contribution in [2.24, 2.45) is 0 Å². The summed E-state index contributed by atoms with van der Waals surface area (Å²) in [4.78, 5) is 4.96. The third-order valence-electron chi connectivity index (χ3n) is 5.62. The third-order valence-corrected chi connectivity index (χ3v) is 5.88. The number of aliphatic hydroxyl groups excluding tert-OH is 1. The van der Waals surface area contributed by atoms with Crippen molar-refractivity contribution in [3.63, 3.8) is 0 Å². The first-order valence-corrected chi connectivity index (χ1v) is 10.5. The predicted molar refractivity (Wildman–Crippen MR) is 117 cm³/mol. The highest BCUT2D eigenvalue weighted by Crippen LogP contribution is 2.25. The van der Waals surface area contributed by atoms with E-state index in [4.69, 9.17) is 11.6 Å². The van der Waals surface area contributed by atoms with Crippen molar-refractivity contribution in [1.82, 2.24) is 20.0 Å². The zero-order valence-corrected chi connectivity index (χ0v) is 17.2. The van der Waals surface area contributed by atoms with E-state index in [2.05, 4.69) is 50.3 Å². The van der Waals surface area contributed by atoms with E-state index < -0.39 is 0 Å². The summed E-state index contributed by atoms with van der Waals surface area (Å²) in [5.74, 6) is 0. The van der Waals surface area contributed by atoms with Crippen molar-refractivity contribution in [3.8, 4) is 11.3 Å². The Labute approximate surface area is 176 Å². The number of aromatic nitrogens is 2. The first-order chi connectivity index (χ1) is 14.2. The summed E-state index contributed by atoms with van der Waals surface area (Å²) in [5, 5.41) is 17.7. The number of benzene rings is 2. The Morgan fingerprint density at radius 3 is 2.59 bits per heavy atom. The smallest absolute Gasteiger partial charge is 0.0695 e. The summed E-state index contributed by atoms with van der Waals surface area (Å²) < 4.78 is 0. The maximum atomic E-state index is 9.59. The molecule has 0 saturated carbocycles. The summed E-state index contributed by atoms with van der Waals surface area (Å²) in [6, 6.07) is 18.8. The maximum absolute atomic E-state index is 9.59. The number of hydrogen-bond acceptors (Lipinski definition) is 4. The second-order valence-corrected chi connectivity index (χ2v) is 8.07. The first-order valence-electron chi connectivity index (χ1n) is 10.1. The van der Waals surface area contributed by atoms with E-state index in [1.165, 1.54) is 11.1 Å². The average molecular weight is 411 g/mol. The number of rotatable bonds is 7. The molecular weight excluding hydrogens is 384 g/mol. The monoisotopic (exact) mass is 410 g/mol. The van der Waals surface area contributed by atoms with Crippen LogP contribution in [0.5, 0.6) is 0 Å². The van der Waals surface area contributed by atoms with Crippen LogP contribution in [-0.4, -0.2) is 57.4 Å². The zero-order valence-electron chi connectivity index (χ0n) is 16.5. The Morgan fingerprint density at radius 2 is 1.83 bits per heavy atom. The van der Waals surface area contributed by atoms with Gasteiger partial charge in [0.05, 0.1) is 11.9 Å². The molecular formula is C23H27ClN4O. The largest absolute Gasteiger partial charge is 0.396 e. The van der Waals surface area contributed by atoms with Crippen molar-refractivity contribution in [1.29, 1.82) is 0 Å². The first kappa shape index (κ1) is 20.1. The van der Waals surface area contributed by atoms with E-state index >= 15 is 0 Å². The molecule has 0 aliphatic carbocycles. The molecule has 2 N–H and O–H groups in total. The fourth-order valence-electron chi connectivity index (χ4n) is 4.09. The van der Waals surface area contributed by atoms with Crippen LogP contribution < -0.4 is 0 Å². The van der Waals surface area contributed by atoms with Crippen LogP contribution in [0, 0.1) is 0 Å². The lowest BCUT2D eigenvalue weighted by Crippen LogP contribution is -2.52. The van der Waals surface area contributed by atoms with E-state index in [-0.39, 0.29) is 6.61 Å². The van der Waals surface area contributed by atoms with Crippen molar-refractivity contribution in [2.75, 3.05) is 26.2 Å². The van der Waals surface area contributed by atoms with Crippen LogP contribution in [-0.2, 0) is 13.1 Å². The molecule has 0 spiro atoms. The second kappa shape index (κ2) is 9.55. The lowest BCUT2D eigenvalue weighted by Gasteiger charge is -2.41. The molecule has 2 heterocycles. The number of aliphatic hydroxyl groups is 1. The standard InChI is InChI=1S/C23H27ClN4O/c24-21-8-6-19(7-9-21)23-20(14-25-26-23)16-27-11-12-28(22(17-27)10-13-29)15-18-4-2-1-3-5-18/h1-9,14,22,29H,10-13,15-17H2,(H,25,26)/t22-/m1/s1. The quantitative estimate of drug-likeness (QED) is 0.622. The molecule has 2 aromatic carbocycles. The topological polar surface area (TPSA) is 55.4 Å². The minimum absolute atomic E-state index is 0.214. The van der Waals surface area contributed by atoms with Gasteiger partial charge in [0, 0.05) is 56.0 Å². The molecule has 1 aliphatic heterocycles. The van der Waals surface area contributed by atoms with Crippen LogP contribution in [0.2, 0.25) is 5.02 Å². The Hall–Kier alpha value is -2.18. The summed E-state index contributed by atoms with van der Waals surface area (Å²) in [7, 11) is 0. The third kappa shape index (κ3) is 5.06. The van der Waals surface area contributed by atoms with Crippen molar-refractivity contribution in [3.05, 3.63) is 76.9 Å². The van der Waals surface area contributed by atoms with E-state index in [9.17, 15) is 5.11 Å². The normalized spacial score (nSPS) is 18.2. The molecule has 1 fully saturated rings. The summed E-state index contributed by atoms with van der Waals surface area (Å²) in [6.45, 7) is 4.93. The number of halogens is 1. The van der Waals surface area contributed by atoms with Gasteiger partial charge in [-0.15, -0.1) is 0 Å². The summed E-state index contributed by atoms with van der Waals surface area (Å²) in [5.41, 5.74) is 4.65. The molecule has 0 bridgehead atoms. The molecule has 4 rings (SSSR count). The van der Waals surface area contributed by atoms with Gasteiger partial charge in [-0.25, -0.2) is 0 Å². The molecule has 1 aromatic heterocycles.